The van der Waals surface area contributed by atoms with Gasteiger partial charge in [0, 0.05) is 24.0 Å². The zero-order valence-electron chi connectivity index (χ0n) is 10.3. The number of pyridine rings is 1. The molecule has 0 amide bonds. The molecule has 0 bridgehead atoms. The van der Waals surface area contributed by atoms with Crippen molar-refractivity contribution < 1.29 is 0 Å². The molecule has 0 saturated carbocycles. The van der Waals surface area contributed by atoms with Gasteiger partial charge < -0.3 is 5.32 Å². The van der Waals surface area contributed by atoms with Crippen molar-refractivity contribution >= 4 is 11.8 Å². The van der Waals surface area contributed by atoms with Crippen molar-refractivity contribution in [2.24, 2.45) is 0 Å². The number of aromatic nitrogens is 1. The summed E-state index contributed by atoms with van der Waals surface area (Å²) in [6.45, 7) is 11.4. The van der Waals surface area contributed by atoms with Gasteiger partial charge >= 0.3 is 0 Å². The molecule has 1 rings (SSSR count). The molecule has 0 atom stereocenters. The van der Waals surface area contributed by atoms with E-state index >= 15 is 0 Å². The third-order valence-electron chi connectivity index (χ3n) is 1.93. The number of nitrogens with one attached hydrogen (secondary N) is 1. The van der Waals surface area contributed by atoms with Crippen LogP contribution in [0, 0.1) is 0 Å². The highest BCUT2D eigenvalue weighted by Gasteiger charge is 2.08. The lowest BCUT2D eigenvalue weighted by molar-refractivity contribution is 0.445. The smallest absolute Gasteiger partial charge is 0.0962 e. The van der Waals surface area contributed by atoms with Crippen molar-refractivity contribution in [3.8, 4) is 0 Å². The molecule has 16 heavy (non-hydrogen) atoms. The second kappa shape index (κ2) is 6.06. The van der Waals surface area contributed by atoms with Gasteiger partial charge in [-0.3, -0.25) is 0 Å². The highest BCUT2D eigenvalue weighted by atomic mass is 32.2. The molecule has 2 nitrogen and oxygen atoms in total. The van der Waals surface area contributed by atoms with Gasteiger partial charge in [0.1, 0.15) is 0 Å². The van der Waals surface area contributed by atoms with Gasteiger partial charge in [-0.15, -0.1) is 11.8 Å². The van der Waals surface area contributed by atoms with Gasteiger partial charge in [-0.25, -0.2) is 4.98 Å². The highest BCUT2D eigenvalue weighted by molar-refractivity contribution is 7.99. The zero-order valence-corrected chi connectivity index (χ0v) is 11.1. The Balaban J connectivity index is 2.26. The summed E-state index contributed by atoms with van der Waals surface area (Å²) >= 11 is 1.73. The van der Waals surface area contributed by atoms with Crippen LogP contribution in [-0.4, -0.2) is 22.8 Å². The van der Waals surface area contributed by atoms with Gasteiger partial charge in [-0.05, 0) is 32.9 Å². The van der Waals surface area contributed by atoms with E-state index in [2.05, 4.69) is 37.7 Å². The van der Waals surface area contributed by atoms with E-state index in [0.29, 0.717) is 0 Å². The molecule has 0 aliphatic heterocycles. The van der Waals surface area contributed by atoms with Crippen molar-refractivity contribution in [2.75, 3.05) is 12.3 Å². The van der Waals surface area contributed by atoms with E-state index in [4.69, 9.17) is 0 Å². The first-order valence-electron chi connectivity index (χ1n) is 5.43. The van der Waals surface area contributed by atoms with Crippen molar-refractivity contribution in [3.05, 3.63) is 36.5 Å². The maximum absolute atomic E-state index is 4.26. The second-order valence-electron chi connectivity index (χ2n) is 4.81. The quantitative estimate of drug-likeness (QED) is 0.628. The Hall–Kier alpha value is -0.800. The van der Waals surface area contributed by atoms with E-state index in [1.165, 1.54) is 5.57 Å². The molecule has 3 heteroatoms. The minimum Gasteiger partial charge on any atom is -0.308 e. The first kappa shape index (κ1) is 13.3. The van der Waals surface area contributed by atoms with E-state index in [1.54, 1.807) is 11.8 Å². The van der Waals surface area contributed by atoms with Crippen molar-refractivity contribution in [3.63, 3.8) is 0 Å². The van der Waals surface area contributed by atoms with Crippen LogP contribution in [0.15, 0.2) is 41.6 Å². The third kappa shape index (κ3) is 5.93. The lowest BCUT2D eigenvalue weighted by atomic mass is 10.1. The van der Waals surface area contributed by atoms with Gasteiger partial charge in [0.15, 0.2) is 0 Å². The van der Waals surface area contributed by atoms with E-state index in [-0.39, 0.29) is 5.54 Å². The predicted octanol–water partition coefficient (Wildman–Crippen LogP) is 3.12. The first-order valence-corrected chi connectivity index (χ1v) is 6.41. The fourth-order valence-corrected chi connectivity index (χ4v) is 1.81. The summed E-state index contributed by atoms with van der Waals surface area (Å²) in [7, 11) is 0. The molecule has 0 aromatic carbocycles. The fourth-order valence-electron chi connectivity index (χ4n) is 1.05. The molecular weight excluding hydrogens is 216 g/mol. The average Bonchev–Trinajstić information content (AvgIpc) is 2.24. The van der Waals surface area contributed by atoms with Crippen LogP contribution in [0.1, 0.15) is 20.8 Å². The van der Waals surface area contributed by atoms with Crippen molar-refractivity contribution in [1.82, 2.24) is 10.3 Å². The van der Waals surface area contributed by atoms with Crippen LogP contribution in [-0.2, 0) is 0 Å². The number of hydrogen-bond acceptors (Lipinski definition) is 3. The fraction of sp³-hybridized carbons (Fsp3) is 0.462. The zero-order chi connectivity index (χ0) is 12.0. The van der Waals surface area contributed by atoms with Crippen LogP contribution in [0.4, 0.5) is 0 Å². The molecule has 0 saturated heterocycles. The van der Waals surface area contributed by atoms with Crippen LogP contribution in [0.2, 0.25) is 0 Å². The number of thioether (sulfide) groups is 1. The monoisotopic (exact) mass is 236 g/mol. The molecule has 1 aromatic heterocycles. The summed E-state index contributed by atoms with van der Waals surface area (Å²) in [5.74, 6) is 0.917. The van der Waals surface area contributed by atoms with Gasteiger partial charge in [0.25, 0.3) is 0 Å². The molecule has 1 N–H and O–H groups in total. The normalized spacial score (nSPS) is 11.4. The van der Waals surface area contributed by atoms with Gasteiger partial charge in [-0.1, -0.05) is 18.2 Å². The molecule has 0 aliphatic rings. The van der Waals surface area contributed by atoms with Crippen LogP contribution >= 0.6 is 11.8 Å². The summed E-state index contributed by atoms with van der Waals surface area (Å²) in [4.78, 5) is 4.26. The average molecular weight is 236 g/mol. The molecule has 0 radical (unpaired) electrons. The summed E-state index contributed by atoms with van der Waals surface area (Å²) in [5.41, 5.74) is 1.35. The van der Waals surface area contributed by atoms with Crippen LogP contribution in [0.5, 0.6) is 0 Å². The Labute approximate surface area is 103 Å². The summed E-state index contributed by atoms with van der Waals surface area (Å²) in [5, 5.41) is 4.48. The van der Waals surface area contributed by atoms with Crippen LogP contribution in [0.25, 0.3) is 0 Å². The summed E-state index contributed by atoms with van der Waals surface area (Å²) in [6.07, 6.45) is 1.82. The molecule has 88 valence electrons. The Morgan fingerprint density at radius 1 is 1.44 bits per heavy atom. The van der Waals surface area contributed by atoms with Gasteiger partial charge in [0.05, 0.1) is 5.03 Å². The molecule has 0 spiro atoms. The Kier molecular flexibility index (Phi) is 5.03. The van der Waals surface area contributed by atoms with E-state index in [1.807, 2.05) is 24.4 Å². The highest BCUT2D eigenvalue weighted by Crippen LogP contribution is 2.16. The predicted molar refractivity (Wildman–Crippen MR) is 71.9 cm³/mol. The van der Waals surface area contributed by atoms with Gasteiger partial charge in [0.2, 0.25) is 0 Å². The molecule has 1 aromatic rings. The maximum atomic E-state index is 4.26. The van der Waals surface area contributed by atoms with E-state index < -0.39 is 0 Å². The SMILES string of the molecule is C=C(CNC(C)(C)C)CSc1ccccn1. The lowest BCUT2D eigenvalue weighted by Crippen LogP contribution is -2.37. The van der Waals surface area contributed by atoms with E-state index in [0.717, 1.165) is 17.3 Å². The van der Waals surface area contributed by atoms with Crippen molar-refractivity contribution in [1.29, 1.82) is 0 Å². The Bertz CT molecular complexity index is 328. The largest absolute Gasteiger partial charge is 0.308 e. The third-order valence-corrected chi connectivity index (χ3v) is 3.02. The lowest BCUT2D eigenvalue weighted by Gasteiger charge is -2.21. The van der Waals surface area contributed by atoms with Gasteiger partial charge in [-0.2, -0.15) is 0 Å². The molecule has 0 aliphatic carbocycles. The summed E-state index contributed by atoms with van der Waals surface area (Å²) < 4.78 is 0. The Morgan fingerprint density at radius 2 is 2.19 bits per heavy atom. The molecular formula is C13H20N2S. The van der Waals surface area contributed by atoms with Crippen LogP contribution in [0.3, 0.4) is 0 Å². The standard InChI is InChI=1S/C13H20N2S/c1-11(9-15-13(2,3)4)10-16-12-7-5-6-8-14-12/h5-8,15H,1,9-10H2,2-4H3. The minimum atomic E-state index is 0.151. The molecule has 1 heterocycles. The topological polar surface area (TPSA) is 24.9 Å². The number of hydrogen-bond donors (Lipinski definition) is 1. The Morgan fingerprint density at radius 3 is 2.75 bits per heavy atom. The minimum absolute atomic E-state index is 0.151. The maximum Gasteiger partial charge on any atom is 0.0962 e. The number of nitrogens with zero attached hydrogens (tertiary/aromatic N) is 1. The second-order valence-corrected chi connectivity index (χ2v) is 5.81. The molecule has 0 unspecified atom stereocenters. The number of rotatable bonds is 5. The van der Waals surface area contributed by atoms with Crippen molar-refractivity contribution in [2.45, 2.75) is 31.3 Å². The summed E-state index contributed by atoms with van der Waals surface area (Å²) in [6, 6.07) is 5.96. The molecule has 0 fully saturated rings. The van der Waals surface area contributed by atoms with Crippen LogP contribution < -0.4 is 5.32 Å². The van der Waals surface area contributed by atoms with E-state index in [9.17, 15) is 0 Å². The first-order chi connectivity index (χ1) is 7.47.